The lowest BCUT2D eigenvalue weighted by molar-refractivity contribution is -0.134. The van der Waals surface area contributed by atoms with Crippen LogP contribution in [0.2, 0.25) is 0 Å². The fourth-order valence-corrected chi connectivity index (χ4v) is 8.52. The van der Waals surface area contributed by atoms with Crippen LogP contribution in [0.3, 0.4) is 0 Å². The largest absolute Gasteiger partial charge is 0.453 e. The minimum absolute atomic E-state index is 0.0685. The fourth-order valence-electron chi connectivity index (χ4n) is 8.52. The van der Waals surface area contributed by atoms with Gasteiger partial charge in [0.15, 0.2) is 0 Å². The standard InChI is InChI=1S/C49H54N8O6/c1-8-22-56(46(59)42(30-12-10-9-11-13-30)55-48(61)63-49(4,5)6)26-39-51-37-20-16-33-23-31(14-18-35(33)43(37)53-39)32-15-19-36-34(24-32)17-21-38-44(36)54-40(52-38)27-57(45-28(2)29(45)3)41(58)25-50-47(60)62-7/h9-21,23-24,28-29,42,45H,8,22,25-27H2,1-7H3,(H,50,60)(H,51,53)(H,52,54)(H,55,61). The third-order valence-electron chi connectivity index (χ3n) is 11.9. The van der Waals surface area contributed by atoms with Crippen LogP contribution in [-0.4, -0.2) is 85.6 Å². The van der Waals surface area contributed by atoms with Gasteiger partial charge in [-0.2, -0.15) is 0 Å². The van der Waals surface area contributed by atoms with Gasteiger partial charge in [0.2, 0.25) is 11.8 Å². The van der Waals surface area contributed by atoms with Gasteiger partial charge in [0.25, 0.3) is 0 Å². The van der Waals surface area contributed by atoms with Crippen LogP contribution in [-0.2, 0) is 32.2 Å². The van der Waals surface area contributed by atoms with Gasteiger partial charge in [-0.05, 0) is 90.8 Å². The topological polar surface area (TPSA) is 175 Å². The second kappa shape index (κ2) is 17.4. The number of alkyl carbamates (subject to hydrolysis) is 2. The van der Waals surface area contributed by atoms with E-state index in [1.54, 1.807) is 30.6 Å². The Balaban J connectivity index is 1.02. The highest BCUT2D eigenvalue weighted by atomic mass is 16.6. The first-order chi connectivity index (χ1) is 30.2. The Labute approximate surface area is 365 Å². The van der Waals surface area contributed by atoms with Gasteiger partial charge in [0.05, 0.1) is 42.3 Å². The van der Waals surface area contributed by atoms with Gasteiger partial charge < -0.3 is 39.9 Å². The summed E-state index contributed by atoms with van der Waals surface area (Å²) >= 11 is 0. The maximum Gasteiger partial charge on any atom is 0.408 e. The Kier molecular flexibility index (Phi) is 11.8. The molecule has 0 saturated heterocycles. The molecule has 3 unspecified atom stereocenters. The van der Waals surface area contributed by atoms with E-state index in [-0.39, 0.29) is 30.9 Å². The first-order valence-corrected chi connectivity index (χ1v) is 21.5. The van der Waals surface area contributed by atoms with Crippen LogP contribution in [0.1, 0.15) is 71.2 Å². The van der Waals surface area contributed by atoms with Gasteiger partial charge in [-0.15, -0.1) is 0 Å². The molecule has 0 radical (unpaired) electrons. The van der Waals surface area contributed by atoms with Gasteiger partial charge in [-0.3, -0.25) is 9.59 Å². The zero-order valence-electron chi connectivity index (χ0n) is 36.7. The van der Waals surface area contributed by atoms with Gasteiger partial charge >= 0.3 is 12.2 Å². The molecule has 7 aromatic rings. The number of carbonyl (C=O) groups excluding carboxylic acids is 4. The molecule has 2 heterocycles. The molecule has 0 aliphatic heterocycles. The lowest BCUT2D eigenvalue weighted by Crippen LogP contribution is -2.44. The number of aromatic amines is 2. The number of nitrogens with zero attached hydrogens (tertiary/aromatic N) is 4. The summed E-state index contributed by atoms with van der Waals surface area (Å²) in [6.07, 6.45) is -0.592. The van der Waals surface area contributed by atoms with E-state index in [1.807, 2.05) is 49.4 Å². The third kappa shape index (κ3) is 9.16. The highest BCUT2D eigenvalue weighted by Crippen LogP contribution is 2.43. The molecular weight excluding hydrogens is 797 g/mol. The van der Waals surface area contributed by atoms with E-state index >= 15 is 0 Å². The summed E-state index contributed by atoms with van der Waals surface area (Å²) in [5.74, 6) is 1.58. The molecular formula is C49H54N8O6. The maximum absolute atomic E-state index is 14.2. The Morgan fingerprint density at radius 2 is 1.33 bits per heavy atom. The SMILES string of the molecule is CCCN(Cc1nc2c(ccc3cc(-c4ccc5c(ccc6[nH]c(CN(C(=O)CNC(=O)OC)C7C(C)C7C)nc65)c4)ccc32)[nH]1)C(=O)C(NC(=O)OC(C)(C)C)c1ccccc1. The zero-order chi connectivity index (χ0) is 44.6. The Morgan fingerprint density at radius 3 is 1.86 bits per heavy atom. The molecule has 3 atom stereocenters. The molecule has 5 aromatic carbocycles. The van der Waals surface area contributed by atoms with Gasteiger partial charge in [-0.1, -0.05) is 87.5 Å². The lowest BCUT2D eigenvalue weighted by atomic mass is 9.98. The number of carbonyl (C=O) groups is 4. The molecule has 4 N–H and O–H groups in total. The number of aromatic nitrogens is 4. The number of ether oxygens (including phenoxy) is 2. The Bertz CT molecular complexity index is 2840. The molecule has 8 rings (SSSR count). The normalized spacial score (nSPS) is 16.5. The average Bonchev–Trinajstić information content (AvgIpc) is 3.57. The molecule has 14 nitrogen and oxygen atoms in total. The number of benzene rings is 5. The third-order valence-corrected chi connectivity index (χ3v) is 11.9. The van der Waals surface area contributed by atoms with Crippen molar-refractivity contribution in [3.05, 3.63) is 108 Å². The number of H-pyrrole nitrogens is 2. The van der Waals surface area contributed by atoms with E-state index < -0.39 is 23.8 Å². The molecule has 326 valence electrons. The summed E-state index contributed by atoms with van der Waals surface area (Å²) in [6.45, 7) is 12.5. The number of methoxy groups -OCH3 is 1. The number of imidazole rings is 2. The van der Waals surface area contributed by atoms with Crippen molar-refractivity contribution in [2.45, 2.75) is 78.7 Å². The van der Waals surface area contributed by atoms with Crippen molar-refractivity contribution in [2.75, 3.05) is 20.2 Å². The van der Waals surface area contributed by atoms with E-state index in [4.69, 9.17) is 14.7 Å². The predicted octanol–water partition coefficient (Wildman–Crippen LogP) is 8.76. The Hall–Kier alpha value is -6.96. The minimum atomic E-state index is -0.939. The second-order valence-electron chi connectivity index (χ2n) is 17.5. The van der Waals surface area contributed by atoms with E-state index in [0.29, 0.717) is 48.6 Å². The van der Waals surface area contributed by atoms with Crippen molar-refractivity contribution in [2.24, 2.45) is 11.8 Å². The highest BCUT2D eigenvalue weighted by molar-refractivity contribution is 6.07. The first kappa shape index (κ1) is 42.7. The van der Waals surface area contributed by atoms with Crippen LogP contribution in [0.25, 0.3) is 54.7 Å². The lowest BCUT2D eigenvalue weighted by Gasteiger charge is -2.28. The van der Waals surface area contributed by atoms with Crippen LogP contribution >= 0.6 is 0 Å². The van der Waals surface area contributed by atoms with Crippen LogP contribution in [0.4, 0.5) is 9.59 Å². The highest BCUT2D eigenvalue weighted by Gasteiger charge is 2.48. The number of hydrogen-bond donors (Lipinski definition) is 4. The summed E-state index contributed by atoms with van der Waals surface area (Å²) < 4.78 is 10.2. The van der Waals surface area contributed by atoms with Gasteiger partial charge in [0.1, 0.15) is 29.8 Å². The fraction of sp³-hybridized carbons (Fsp3) is 0.347. The molecule has 1 fully saturated rings. The number of nitrogens with one attached hydrogen (secondary N) is 4. The average molecular weight is 851 g/mol. The molecule has 1 saturated carbocycles. The molecule has 1 aliphatic carbocycles. The number of rotatable bonds is 13. The van der Waals surface area contributed by atoms with E-state index in [0.717, 1.165) is 54.7 Å². The van der Waals surface area contributed by atoms with Crippen LogP contribution in [0.5, 0.6) is 0 Å². The van der Waals surface area contributed by atoms with Crippen molar-refractivity contribution in [1.82, 2.24) is 40.4 Å². The van der Waals surface area contributed by atoms with Crippen molar-refractivity contribution < 1.29 is 28.7 Å². The van der Waals surface area contributed by atoms with Crippen molar-refractivity contribution in [3.8, 4) is 11.1 Å². The molecule has 63 heavy (non-hydrogen) atoms. The van der Waals surface area contributed by atoms with Crippen molar-refractivity contribution in [3.63, 3.8) is 0 Å². The van der Waals surface area contributed by atoms with E-state index in [1.165, 1.54) is 7.11 Å². The summed E-state index contributed by atoms with van der Waals surface area (Å²) in [5, 5.41) is 9.37. The van der Waals surface area contributed by atoms with Crippen molar-refractivity contribution >= 4 is 67.6 Å². The smallest absolute Gasteiger partial charge is 0.408 e. The molecule has 0 bridgehead atoms. The summed E-state index contributed by atoms with van der Waals surface area (Å²) in [5.41, 5.74) is 5.42. The van der Waals surface area contributed by atoms with Crippen LogP contribution in [0.15, 0.2) is 91.0 Å². The molecule has 14 heteroatoms. The van der Waals surface area contributed by atoms with Gasteiger partial charge in [0, 0.05) is 23.4 Å². The molecule has 4 amide bonds. The quantitative estimate of drug-likeness (QED) is 0.0891. The number of fused-ring (bicyclic) bond motifs is 6. The molecule has 0 spiro atoms. The zero-order valence-corrected chi connectivity index (χ0v) is 36.7. The number of amides is 4. The predicted molar refractivity (Wildman–Crippen MR) is 244 cm³/mol. The van der Waals surface area contributed by atoms with E-state index in [9.17, 15) is 19.2 Å². The first-order valence-electron chi connectivity index (χ1n) is 21.5. The van der Waals surface area contributed by atoms with Crippen LogP contribution < -0.4 is 10.6 Å². The van der Waals surface area contributed by atoms with E-state index in [2.05, 4.69) is 87.7 Å². The molecule has 2 aromatic heterocycles. The summed E-state index contributed by atoms with van der Waals surface area (Å²) in [4.78, 5) is 72.5. The second-order valence-corrected chi connectivity index (χ2v) is 17.5. The summed E-state index contributed by atoms with van der Waals surface area (Å²) in [7, 11) is 1.27. The van der Waals surface area contributed by atoms with Crippen molar-refractivity contribution in [1.29, 1.82) is 0 Å². The number of hydrogen-bond acceptors (Lipinski definition) is 8. The minimum Gasteiger partial charge on any atom is -0.453 e. The van der Waals surface area contributed by atoms with Gasteiger partial charge in [-0.25, -0.2) is 19.6 Å². The monoisotopic (exact) mass is 850 g/mol. The maximum atomic E-state index is 14.2. The van der Waals surface area contributed by atoms with Crippen LogP contribution in [0, 0.1) is 11.8 Å². The Morgan fingerprint density at radius 1 is 0.762 bits per heavy atom. The summed E-state index contributed by atoms with van der Waals surface area (Å²) in [6, 6.07) is 29.2. The molecule has 1 aliphatic rings.